The number of rotatable bonds is 11. The van der Waals surface area contributed by atoms with Crippen molar-refractivity contribution in [3.05, 3.63) is 106 Å². The maximum absolute atomic E-state index is 13.6. The summed E-state index contributed by atoms with van der Waals surface area (Å²) in [7, 11) is 0. The quantitative estimate of drug-likeness (QED) is 0.156. The van der Waals surface area contributed by atoms with Crippen LogP contribution in [0.25, 0.3) is 10.9 Å². The van der Waals surface area contributed by atoms with Gasteiger partial charge in [0.15, 0.2) is 18.1 Å². The molecule has 3 aromatic carbocycles. The van der Waals surface area contributed by atoms with E-state index in [1.165, 1.54) is 11.1 Å². The molecular weight excluding hydrogens is 540 g/mol. The predicted molar refractivity (Wildman–Crippen MR) is 172 cm³/mol. The highest BCUT2D eigenvalue weighted by Gasteiger charge is 2.22. The van der Waals surface area contributed by atoms with Gasteiger partial charge in [-0.05, 0) is 74.6 Å². The van der Waals surface area contributed by atoms with Crippen LogP contribution in [-0.2, 0) is 11.2 Å². The molecule has 222 valence electrons. The highest BCUT2D eigenvalue weighted by atomic mass is 16.5. The molecule has 1 aliphatic rings. The molecule has 1 heterocycles. The van der Waals surface area contributed by atoms with Gasteiger partial charge in [0, 0.05) is 17.2 Å². The fourth-order valence-electron chi connectivity index (χ4n) is 5.53. The van der Waals surface area contributed by atoms with Gasteiger partial charge in [0.25, 0.3) is 11.5 Å². The minimum atomic E-state index is -0.273. The van der Waals surface area contributed by atoms with E-state index >= 15 is 0 Å². The number of ether oxygens (including phenoxy) is 2. The second-order valence-electron chi connectivity index (χ2n) is 10.8. The summed E-state index contributed by atoms with van der Waals surface area (Å²) in [6.45, 7) is 7.94. The number of hydrogen-bond donors (Lipinski definition) is 1. The highest BCUT2D eigenvalue weighted by Crippen LogP contribution is 2.34. The van der Waals surface area contributed by atoms with Crippen LogP contribution in [0, 0.1) is 6.92 Å². The molecule has 0 bridgehead atoms. The van der Waals surface area contributed by atoms with E-state index in [2.05, 4.69) is 11.9 Å². The Morgan fingerprint density at radius 2 is 1.86 bits per heavy atom. The van der Waals surface area contributed by atoms with Crippen molar-refractivity contribution < 1.29 is 14.3 Å². The zero-order valence-electron chi connectivity index (χ0n) is 24.8. The standard InChI is InChI=1S/C35H38N4O4/c1-4-13-27-20-25(21-31(42-5-2)33(27)43-23-32(40)37-29-18-11-9-14-24(29)3)22-36-39-34(26-15-7-6-8-16-26)38-30-19-12-10-17-28(30)35(39)41/h4,9-12,14,17-22,26H,1,5-8,13,15-16,23H2,2-3H3,(H,37,40). The van der Waals surface area contributed by atoms with Crippen LogP contribution in [0.1, 0.15) is 67.5 Å². The number of fused-ring (bicyclic) bond motifs is 1. The average molecular weight is 579 g/mol. The molecule has 0 aliphatic heterocycles. The van der Waals surface area contributed by atoms with Gasteiger partial charge in [-0.2, -0.15) is 9.78 Å². The molecule has 5 rings (SSSR count). The third-order valence-corrected chi connectivity index (χ3v) is 7.66. The molecule has 43 heavy (non-hydrogen) atoms. The molecule has 0 radical (unpaired) electrons. The normalized spacial score (nSPS) is 13.7. The Morgan fingerprint density at radius 1 is 1.09 bits per heavy atom. The SMILES string of the molecule is C=CCc1cc(C=Nn2c(C3CCCCC3)nc3ccccc3c2=O)cc(OCC)c1OCC(=O)Nc1ccccc1C. The topological polar surface area (TPSA) is 94.8 Å². The van der Waals surface area contributed by atoms with Crippen molar-refractivity contribution in [1.82, 2.24) is 9.66 Å². The Bertz CT molecular complexity index is 1700. The third kappa shape index (κ3) is 7.02. The van der Waals surface area contributed by atoms with Crippen molar-refractivity contribution in [2.24, 2.45) is 5.10 Å². The highest BCUT2D eigenvalue weighted by molar-refractivity contribution is 5.92. The minimum absolute atomic E-state index is 0.181. The number of nitrogens with one attached hydrogen (secondary N) is 1. The number of carbonyl (C=O) groups excluding carboxylic acids is 1. The molecule has 8 heteroatoms. The Labute approximate surface area is 252 Å². The molecule has 1 N–H and O–H groups in total. The van der Waals surface area contributed by atoms with Crippen molar-refractivity contribution >= 4 is 28.7 Å². The van der Waals surface area contributed by atoms with Gasteiger partial charge in [-0.25, -0.2) is 4.98 Å². The fourth-order valence-corrected chi connectivity index (χ4v) is 5.53. The van der Waals surface area contributed by atoms with Crippen LogP contribution in [0.15, 0.2) is 83.2 Å². The molecule has 0 saturated heterocycles. The van der Waals surface area contributed by atoms with Crippen molar-refractivity contribution in [2.45, 2.75) is 58.3 Å². The van der Waals surface area contributed by atoms with Crippen molar-refractivity contribution in [3.8, 4) is 11.5 Å². The number of allylic oxidation sites excluding steroid dienone is 1. The van der Waals surface area contributed by atoms with E-state index in [0.29, 0.717) is 41.3 Å². The number of amides is 1. The maximum atomic E-state index is 13.6. The summed E-state index contributed by atoms with van der Waals surface area (Å²) in [4.78, 5) is 31.3. The van der Waals surface area contributed by atoms with Crippen LogP contribution in [0.5, 0.6) is 11.5 Å². The van der Waals surface area contributed by atoms with E-state index < -0.39 is 0 Å². The molecule has 1 amide bonds. The smallest absolute Gasteiger partial charge is 0.282 e. The average Bonchev–Trinajstić information content (AvgIpc) is 3.02. The lowest BCUT2D eigenvalue weighted by atomic mass is 9.88. The number of aromatic nitrogens is 2. The Hall–Kier alpha value is -4.72. The second-order valence-corrected chi connectivity index (χ2v) is 10.8. The van der Waals surface area contributed by atoms with Gasteiger partial charge in [-0.15, -0.1) is 6.58 Å². The first-order valence-corrected chi connectivity index (χ1v) is 14.9. The zero-order chi connectivity index (χ0) is 30.2. The number of carbonyl (C=O) groups is 1. The Morgan fingerprint density at radius 3 is 2.63 bits per heavy atom. The monoisotopic (exact) mass is 578 g/mol. The van der Waals surface area contributed by atoms with Gasteiger partial charge in [0.1, 0.15) is 5.82 Å². The number of aryl methyl sites for hydroxylation is 1. The van der Waals surface area contributed by atoms with E-state index in [9.17, 15) is 9.59 Å². The molecule has 1 aromatic heterocycles. The number of hydrogen-bond acceptors (Lipinski definition) is 6. The van der Waals surface area contributed by atoms with E-state index in [1.54, 1.807) is 18.4 Å². The van der Waals surface area contributed by atoms with Gasteiger partial charge < -0.3 is 14.8 Å². The Kier molecular flexibility index (Phi) is 9.66. The zero-order valence-corrected chi connectivity index (χ0v) is 24.8. The van der Waals surface area contributed by atoms with Crippen LogP contribution in [0.3, 0.4) is 0 Å². The van der Waals surface area contributed by atoms with Crippen LogP contribution in [0.4, 0.5) is 5.69 Å². The van der Waals surface area contributed by atoms with E-state index in [4.69, 9.17) is 19.6 Å². The van der Waals surface area contributed by atoms with Crippen LogP contribution in [-0.4, -0.2) is 35.0 Å². The van der Waals surface area contributed by atoms with Crippen molar-refractivity contribution in [3.63, 3.8) is 0 Å². The minimum Gasteiger partial charge on any atom is -0.490 e. The van der Waals surface area contributed by atoms with Crippen LogP contribution >= 0.6 is 0 Å². The van der Waals surface area contributed by atoms with E-state index in [-0.39, 0.29) is 24.0 Å². The predicted octanol–water partition coefficient (Wildman–Crippen LogP) is 6.78. The summed E-state index contributed by atoms with van der Waals surface area (Å²) < 4.78 is 13.5. The van der Waals surface area contributed by atoms with Crippen LogP contribution in [0.2, 0.25) is 0 Å². The second kappa shape index (κ2) is 14.0. The van der Waals surface area contributed by atoms with Gasteiger partial charge in [-0.3, -0.25) is 9.59 Å². The third-order valence-electron chi connectivity index (χ3n) is 7.66. The van der Waals surface area contributed by atoms with E-state index in [1.807, 2.05) is 68.4 Å². The van der Waals surface area contributed by atoms with Gasteiger partial charge in [-0.1, -0.05) is 55.7 Å². The summed E-state index contributed by atoms with van der Waals surface area (Å²) >= 11 is 0. The first kappa shape index (κ1) is 29.8. The lowest BCUT2D eigenvalue weighted by Crippen LogP contribution is -2.25. The maximum Gasteiger partial charge on any atom is 0.282 e. The van der Waals surface area contributed by atoms with Crippen molar-refractivity contribution in [2.75, 3.05) is 18.5 Å². The number of benzene rings is 3. The first-order chi connectivity index (χ1) is 21.0. The summed E-state index contributed by atoms with van der Waals surface area (Å²) in [6, 6.07) is 18.7. The number of anilines is 1. The van der Waals surface area contributed by atoms with Crippen molar-refractivity contribution in [1.29, 1.82) is 0 Å². The summed E-state index contributed by atoms with van der Waals surface area (Å²) in [5.74, 6) is 1.58. The molecule has 0 spiro atoms. The van der Waals surface area contributed by atoms with Gasteiger partial charge in [0.05, 0.1) is 23.7 Å². The first-order valence-electron chi connectivity index (χ1n) is 14.9. The largest absolute Gasteiger partial charge is 0.490 e. The number of nitrogens with zero attached hydrogens (tertiary/aromatic N) is 3. The lowest BCUT2D eigenvalue weighted by Gasteiger charge is -2.22. The molecular formula is C35H38N4O4. The molecule has 0 atom stereocenters. The summed E-state index contributed by atoms with van der Waals surface area (Å²) in [5, 5.41) is 8.13. The molecule has 1 saturated carbocycles. The fraction of sp³-hybridized carbons (Fsp3) is 0.314. The van der Waals surface area contributed by atoms with Gasteiger partial charge >= 0.3 is 0 Å². The molecule has 8 nitrogen and oxygen atoms in total. The lowest BCUT2D eigenvalue weighted by molar-refractivity contribution is -0.118. The van der Waals surface area contributed by atoms with Crippen LogP contribution < -0.4 is 20.3 Å². The molecule has 4 aromatic rings. The number of para-hydroxylation sites is 2. The summed E-state index contributed by atoms with van der Waals surface area (Å²) in [6.07, 6.45) is 9.32. The molecule has 0 unspecified atom stereocenters. The van der Waals surface area contributed by atoms with Gasteiger partial charge in [0.2, 0.25) is 0 Å². The summed E-state index contributed by atoms with van der Waals surface area (Å²) in [5.41, 5.74) is 3.74. The molecule has 1 fully saturated rings. The van der Waals surface area contributed by atoms with E-state index in [0.717, 1.165) is 48.1 Å². The molecule has 1 aliphatic carbocycles. The Balaban J connectivity index is 1.47.